The molecule has 2 aromatic heterocycles. The van der Waals surface area contributed by atoms with Gasteiger partial charge in [0.15, 0.2) is 0 Å². The van der Waals surface area contributed by atoms with Crippen molar-refractivity contribution in [3.63, 3.8) is 0 Å². The van der Waals surface area contributed by atoms with Crippen LogP contribution < -0.4 is 0 Å². The molecule has 0 spiro atoms. The van der Waals surface area contributed by atoms with E-state index in [1.54, 1.807) is 0 Å². The molecule has 1 aromatic carbocycles. The molecule has 0 saturated heterocycles. The standard InChI is InChI=1S/C16H12N2S/c17-8-10-1-4-15-13(7-10)14(9-18-15)12-5-6-19-16(12)11-2-3-11/h1,4-7,9,11,18H,2-3H2. The Kier molecular flexibility index (Phi) is 2.27. The molecule has 2 nitrogen and oxygen atoms in total. The number of fused-ring (bicyclic) bond motifs is 1. The van der Waals surface area contributed by atoms with Crippen molar-refractivity contribution in [2.45, 2.75) is 18.8 Å². The van der Waals surface area contributed by atoms with E-state index in [9.17, 15) is 0 Å². The summed E-state index contributed by atoms with van der Waals surface area (Å²) in [6, 6.07) is 10.3. The van der Waals surface area contributed by atoms with Gasteiger partial charge in [-0.05, 0) is 54.0 Å². The third kappa shape index (κ3) is 1.68. The average Bonchev–Trinajstić information content (AvgIpc) is 3.02. The van der Waals surface area contributed by atoms with Gasteiger partial charge in [-0.25, -0.2) is 0 Å². The number of thiophene rings is 1. The number of hydrogen-bond acceptors (Lipinski definition) is 2. The fourth-order valence-corrected chi connectivity index (χ4v) is 3.70. The first kappa shape index (κ1) is 10.8. The quantitative estimate of drug-likeness (QED) is 0.719. The second-order valence-electron chi connectivity index (χ2n) is 5.05. The summed E-state index contributed by atoms with van der Waals surface area (Å²) < 4.78 is 0. The van der Waals surface area contributed by atoms with Crippen LogP contribution in [0, 0.1) is 11.3 Å². The van der Waals surface area contributed by atoms with Gasteiger partial charge in [0.25, 0.3) is 0 Å². The Balaban J connectivity index is 1.95. The van der Waals surface area contributed by atoms with Crippen LogP contribution in [0.4, 0.5) is 0 Å². The summed E-state index contributed by atoms with van der Waals surface area (Å²) >= 11 is 1.86. The lowest BCUT2D eigenvalue weighted by atomic mass is 10.0. The van der Waals surface area contributed by atoms with Gasteiger partial charge in [-0.2, -0.15) is 5.26 Å². The molecule has 0 unspecified atom stereocenters. The molecular formula is C16H12N2S. The van der Waals surface area contributed by atoms with Crippen molar-refractivity contribution in [3.05, 3.63) is 46.3 Å². The molecule has 3 aromatic rings. The molecule has 3 heteroatoms. The Morgan fingerprint density at radius 3 is 2.89 bits per heavy atom. The van der Waals surface area contributed by atoms with Gasteiger partial charge in [-0.15, -0.1) is 11.3 Å². The van der Waals surface area contributed by atoms with Crippen molar-refractivity contribution in [2.75, 3.05) is 0 Å². The molecule has 2 heterocycles. The van der Waals surface area contributed by atoms with Gasteiger partial charge < -0.3 is 4.98 Å². The first-order valence-electron chi connectivity index (χ1n) is 6.46. The van der Waals surface area contributed by atoms with Crippen LogP contribution >= 0.6 is 11.3 Å². The molecule has 0 aliphatic heterocycles. The van der Waals surface area contributed by atoms with Gasteiger partial charge >= 0.3 is 0 Å². The number of nitrogens with zero attached hydrogens (tertiary/aromatic N) is 1. The minimum absolute atomic E-state index is 0.719. The maximum atomic E-state index is 9.05. The van der Waals surface area contributed by atoms with E-state index in [2.05, 4.69) is 28.7 Å². The smallest absolute Gasteiger partial charge is 0.0991 e. The molecular weight excluding hydrogens is 252 g/mol. The molecule has 1 aliphatic rings. The maximum Gasteiger partial charge on any atom is 0.0991 e. The molecule has 0 bridgehead atoms. The normalized spacial score (nSPS) is 14.7. The zero-order chi connectivity index (χ0) is 12.8. The zero-order valence-corrected chi connectivity index (χ0v) is 11.1. The Labute approximate surface area is 115 Å². The number of nitrogens with one attached hydrogen (secondary N) is 1. The minimum atomic E-state index is 0.719. The van der Waals surface area contributed by atoms with Crippen molar-refractivity contribution in [1.29, 1.82) is 5.26 Å². The van der Waals surface area contributed by atoms with Gasteiger partial charge in [0, 0.05) is 27.5 Å². The Bertz CT molecular complexity index is 800. The Morgan fingerprint density at radius 1 is 1.21 bits per heavy atom. The highest BCUT2D eigenvalue weighted by molar-refractivity contribution is 7.10. The van der Waals surface area contributed by atoms with Crippen LogP contribution in [0.5, 0.6) is 0 Å². The van der Waals surface area contributed by atoms with Crippen LogP contribution in [-0.2, 0) is 0 Å². The fourth-order valence-electron chi connectivity index (χ4n) is 2.62. The monoisotopic (exact) mass is 264 g/mol. The van der Waals surface area contributed by atoms with Crippen LogP contribution in [0.3, 0.4) is 0 Å². The lowest BCUT2D eigenvalue weighted by molar-refractivity contribution is 1.18. The van der Waals surface area contributed by atoms with Gasteiger partial charge in [-0.3, -0.25) is 0 Å². The van der Waals surface area contributed by atoms with Crippen molar-refractivity contribution >= 4 is 22.2 Å². The number of aromatic nitrogens is 1. The molecule has 0 amide bonds. The van der Waals surface area contributed by atoms with E-state index < -0.39 is 0 Å². The highest BCUT2D eigenvalue weighted by atomic mass is 32.1. The van der Waals surface area contributed by atoms with Gasteiger partial charge in [-0.1, -0.05) is 0 Å². The highest BCUT2D eigenvalue weighted by Crippen LogP contribution is 2.48. The van der Waals surface area contributed by atoms with Crippen LogP contribution in [0.1, 0.15) is 29.2 Å². The lowest BCUT2D eigenvalue weighted by Crippen LogP contribution is -1.79. The van der Waals surface area contributed by atoms with E-state index >= 15 is 0 Å². The molecule has 1 saturated carbocycles. The van der Waals surface area contributed by atoms with E-state index in [1.165, 1.54) is 28.8 Å². The number of aromatic amines is 1. The largest absolute Gasteiger partial charge is 0.361 e. The van der Waals surface area contributed by atoms with Gasteiger partial charge in [0.2, 0.25) is 0 Å². The van der Waals surface area contributed by atoms with E-state index in [4.69, 9.17) is 5.26 Å². The second kappa shape index (κ2) is 3.97. The summed E-state index contributed by atoms with van der Waals surface area (Å²) in [6.07, 6.45) is 4.71. The van der Waals surface area contributed by atoms with Crippen molar-refractivity contribution in [3.8, 4) is 17.2 Å². The van der Waals surface area contributed by atoms with E-state index in [0.29, 0.717) is 0 Å². The number of rotatable bonds is 2. The number of nitriles is 1. The Hall–Kier alpha value is -2.05. The number of benzene rings is 1. The molecule has 1 aliphatic carbocycles. The third-order valence-corrected chi connectivity index (χ3v) is 4.82. The Morgan fingerprint density at radius 2 is 2.11 bits per heavy atom. The molecule has 4 rings (SSSR count). The minimum Gasteiger partial charge on any atom is -0.361 e. The van der Waals surface area contributed by atoms with Crippen molar-refractivity contribution in [1.82, 2.24) is 4.98 Å². The molecule has 0 radical (unpaired) electrons. The number of hydrogen-bond donors (Lipinski definition) is 1. The second-order valence-corrected chi connectivity index (χ2v) is 6.00. The predicted molar refractivity (Wildman–Crippen MR) is 78.3 cm³/mol. The summed E-state index contributed by atoms with van der Waals surface area (Å²) in [5.41, 5.74) is 4.39. The molecule has 0 atom stereocenters. The first-order chi connectivity index (χ1) is 9.36. The SMILES string of the molecule is N#Cc1ccc2[nH]cc(-c3ccsc3C3CC3)c2c1. The van der Waals surface area contributed by atoms with E-state index in [0.717, 1.165) is 22.4 Å². The summed E-state index contributed by atoms with van der Waals surface area (Å²) in [7, 11) is 0. The predicted octanol–water partition coefficient (Wildman–Crippen LogP) is 4.65. The maximum absolute atomic E-state index is 9.05. The molecule has 92 valence electrons. The molecule has 19 heavy (non-hydrogen) atoms. The average molecular weight is 264 g/mol. The molecule has 1 fully saturated rings. The van der Waals surface area contributed by atoms with Crippen molar-refractivity contribution in [2.24, 2.45) is 0 Å². The van der Waals surface area contributed by atoms with Crippen LogP contribution in [0.2, 0.25) is 0 Å². The third-order valence-electron chi connectivity index (χ3n) is 3.74. The topological polar surface area (TPSA) is 39.6 Å². The van der Waals surface area contributed by atoms with Crippen LogP contribution in [-0.4, -0.2) is 4.98 Å². The van der Waals surface area contributed by atoms with Crippen molar-refractivity contribution < 1.29 is 0 Å². The van der Waals surface area contributed by atoms with Crippen LogP contribution in [0.15, 0.2) is 35.8 Å². The first-order valence-corrected chi connectivity index (χ1v) is 7.34. The molecule has 1 N–H and O–H groups in total. The van der Waals surface area contributed by atoms with Gasteiger partial charge in [0.05, 0.1) is 11.6 Å². The van der Waals surface area contributed by atoms with Gasteiger partial charge in [0.1, 0.15) is 0 Å². The summed E-state index contributed by atoms with van der Waals surface area (Å²) in [4.78, 5) is 4.81. The fraction of sp³-hybridized carbons (Fsp3) is 0.188. The highest BCUT2D eigenvalue weighted by Gasteiger charge is 2.28. The zero-order valence-electron chi connectivity index (χ0n) is 10.3. The van der Waals surface area contributed by atoms with Crippen LogP contribution in [0.25, 0.3) is 22.0 Å². The van der Waals surface area contributed by atoms with E-state index in [-0.39, 0.29) is 0 Å². The van der Waals surface area contributed by atoms with E-state index in [1.807, 2.05) is 29.5 Å². The lowest BCUT2D eigenvalue weighted by Gasteiger charge is -2.01. The summed E-state index contributed by atoms with van der Waals surface area (Å²) in [6.45, 7) is 0. The summed E-state index contributed by atoms with van der Waals surface area (Å²) in [5, 5.41) is 12.4. The summed E-state index contributed by atoms with van der Waals surface area (Å²) in [5.74, 6) is 0.763. The number of H-pyrrole nitrogens is 1.